The molecular formula is C25H42N8O16. The summed E-state index contributed by atoms with van der Waals surface area (Å²) in [6.45, 7) is -5.61. The summed E-state index contributed by atoms with van der Waals surface area (Å²) in [5.41, 5.74) is 0. The summed E-state index contributed by atoms with van der Waals surface area (Å²) in [6.07, 6.45) is -12.3. The Morgan fingerprint density at radius 3 is 0.694 bits per heavy atom. The standard InChI is InChI=1S/C25H42N8O16/c1-17-16-32(24(46)47)13-12-30(22(42)43)9-8-28(20(38)39)5-4-26(18(34)35)2-3-27(19(36)37)6-7-29(21(40)41)10-11-31(23(44)45)14-15-33(17)25(48)49/h17H,2-16H2,1H3,(H,34,35)(H,36,37)(H,38,39)(H,40,41)(H,42,43)(H,44,45)(H,46,47)(H,48,49). The first kappa shape index (κ1) is 41.2. The number of hydrogen-bond acceptors (Lipinski definition) is 8. The molecule has 1 rings (SSSR count). The van der Waals surface area contributed by atoms with Gasteiger partial charge in [-0.3, -0.25) is 0 Å². The summed E-state index contributed by atoms with van der Waals surface area (Å²) in [6, 6.07) is -1.08. The van der Waals surface area contributed by atoms with E-state index in [9.17, 15) is 79.2 Å². The fourth-order valence-corrected chi connectivity index (χ4v) is 4.68. The molecule has 1 atom stereocenters. The highest BCUT2D eigenvalue weighted by Gasteiger charge is 2.28. The van der Waals surface area contributed by atoms with Gasteiger partial charge in [-0.1, -0.05) is 0 Å². The second kappa shape index (κ2) is 19.7. The van der Waals surface area contributed by atoms with Gasteiger partial charge in [-0.05, 0) is 6.92 Å². The molecule has 1 heterocycles. The first-order valence-electron chi connectivity index (χ1n) is 14.7. The molecule has 1 unspecified atom stereocenters. The zero-order chi connectivity index (χ0) is 37.4. The first-order valence-corrected chi connectivity index (χ1v) is 14.7. The highest BCUT2D eigenvalue weighted by Crippen LogP contribution is 2.07. The van der Waals surface area contributed by atoms with Gasteiger partial charge in [0.15, 0.2) is 0 Å². The average Bonchev–Trinajstić information content (AvgIpc) is 2.98. The van der Waals surface area contributed by atoms with E-state index in [0.29, 0.717) is 19.6 Å². The number of hydrogen-bond donors (Lipinski definition) is 8. The Balaban J connectivity index is 3.41. The smallest absolute Gasteiger partial charge is 0.407 e. The number of rotatable bonds is 0. The molecule has 8 amide bonds. The monoisotopic (exact) mass is 710 g/mol. The minimum atomic E-state index is -1.53. The van der Waals surface area contributed by atoms with Crippen LogP contribution in [0.5, 0.6) is 0 Å². The zero-order valence-electron chi connectivity index (χ0n) is 26.6. The van der Waals surface area contributed by atoms with Crippen molar-refractivity contribution in [2.45, 2.75) is 13.0 Å². The van der Waals surface area contributed by atoms with E-state index in [-0.39, 0.29) is 0 Å². The lowest BCUT2D eigenvalue weighted by Gasteiger charge is -2.33. The van der Waals surface area contributed by atoms with Gasteiger partial charge >= 0.3 is 48.7 Å². The lowest BCUT2D eigenvalue weighted by atomic mass is 10.2. The molecule has 1 saturated heterocycles. The van der Waals surface area contributed by atoms with Crippen molar-refractivity contribution < 1.29 is 79.2 Å². The normalized spacial score (nSPS) is 19.1. The van der Waals surface area contributed by atoms with Crippen LogP contribution in [0.3, 0.4) is 0 Å². The summed E-state index contributed by atoms with van der Waals surface area (Å²) in [4.78, 5) is 101. The van der Waals surface area contributed by atoms with E-state index < -0.39 is 153 Å². The van der Waals surface area contributed by atoms with Gasteiger partial charge in [0.25, 0.3) is 0 Å². The molecule has 1 fully saturated rings. The molecule has 0 aliphatic carbocycles. The lowest BCUT2D eigenvalue weighted by Crippen LogP contribution is -2.52. The van der Waals surface area contributed by atoms with E-state index in [4.69, 9.17) is 0 Å². The van der Waals surface area contributed by atoms with Crippen molar-refractivity contribution in [3.8, 4) is 0 Å². The van der Waals surface area contributed by atoms with Crippen LogP contribution in [0.1, 0.15) is 6.92 Å². The Labute approximate surface area is 278 Å². The molecule has 1 aliphatic rings. The van der Waals surface area contributed by atoms with E-state index in [0.717, 1.165) is 19.6 Å². The summed E-state index contributed by atoms with van der Waals surface area (Å²) in [7, 11) is 0. The second-order valence-corrected chi connectivity index (χ2v) is 10.7. The predicted octanol–water partition coefficient (Wildman–Crippen LogP) is 0.229. The number of amides is 8. The molecule has 24 heteroatoms. The van der Waals surface area contributed by atoms with Crippen molar-refractivity contribution in [2.24, 2.45) is 0 Å². The van der Waals surface area contributed by atoms with Crippen molar-refractivity contribution in [1.82, 2.24) is 39.2 Å². The van der Waals surface area contributed by atoms with Gasteiger partial charge in [0.1, 0.15) is 0 Å². The number of carbonyl (C=O) groups is 8. The van der Waals surface area contributed by atoms with Crippen LogP contribution in [0.25, 0.3) is 0 Å². The van der Waals surface area contributed by atoms with E-state index in [1.165, 1.54) is 6.92 Å². The SMILES string of the molecule is CC1CN(C(=O)O)CCN(C(=O)O)CCN(C(=O)O)CCN(C(=O)O)CCN(C(=O)O)CCN(C(=O)O)CCN(C(=O)O)CCN1C(=O)O. The molecule has 0 saturated carbocycles. The average molecular weight is 711 g/mol. The molecule has 24 nitrogen and oxygen atoms in total. The van der Waals surface area contributed by atoms with Crippen molar-refractivity contribution in [1.29, 1.82) is 0 Å². The van der Waals surface area contributed by atoms with Crippen LogP contribution < -0.4 is 0 Å². The Kier molecular flexibility index (Phi) is 16.6. The van der Waals surface area contributed by atoms with Crippen molar-refractivity contribution in [3.05, 3.63) is 0 Å². The molecule has 0 aromatic carbocycles. The van der Waals surface area contributed by atoms with Gasteiger partial charge < -0.3 is 80.1 Å². The van der Waals surface area contributed by atoms with Gasteiger partial charge in [-0.2, -0.15) is 0 Å². The van der Waals surface area contributed by atoms with Gasteiger partial charge in [0.05, 0.1) is 6.04 Å². The third-order valence-electron chi connectivity index (χ3n) is 7.61. The van der Waals surface area contributed by atoms with Gasteiger partial charge in [-0.15, -0.1) is 0 Å². The van der Waals surface area contributed by atoms with E-state index in [2.05, 4.69) is 0 Å². The topological polar surface area (TPSA) is 324 Å². The fraction of sp³-hybridized carbons (Fsp3) is 0.680. The van der Waals surface area contributed by atoms with E-state index in [1.807, 2.05) is 0 Å². The fourth-order valence-electron chi connectivity index (χ4n) is 4.68. The van der Waals surface area contributed by atoms with Crippen molar-refractivity contribution in [2.75, 3.05) is 98.2 Å². The molecule has 278 valence electrons. The lowest BCUT2D eigenvalue weighted by molar-refractivity contribution is 0.0839. The molecule has 1 aliphatic heterocycles. The largest absolute Gasteiger partial charge is 0.465 e. The summed E-state index contributed by atoms with van der Waals surface area (Å²) >= 11 is 0. The first-order chi connectivity index (χ1) is 22.8. The van der Waals surface area contributed by atoms with Crippen molar-refractivity contribution in [3.63, 3.8) is 0 Å². The van der Waals surface area contributed by atoms with Crippen LogP contribution >= 0.6 is 0 Å². The van der Waals surface area contributed by atoms with Crippen LogP contribution in [-0.4, -0.2) is 233 Å². The molecule has 0 aromatic heterocycles. The minimum Gasteiger partial charge on any atom is -0.465 e. The third-order valence-corrected chi connectivity index (χ3v) is 7.61. The maximum atomic E-state index is 12.0. The van der Waals surface area contributed by atoms with Crippen molar-refractivity contribution >= 4 is 48.7 Å². The predicted molar refractivity (Wildman–Crippen MR) is 161 cm³/mol. The molecule has 0 radical (unpaired) electrons. The quantitative estimate of drug-likeness (QED) is 0.167. The number of carboxylic acid groups (broad SMARTS) is 8. The Morgan fingerprint density at radius 2 is 0.510 bits per heavy atom. The van der Waals surface area contributed by atoms with Gasteiger partial charge in [-0.25, -0.2) is 38.4 Å². The summed E-state index contributed by atoms with van der Waals surface area (Å²) < 4.78 is 0. The molecule has 0 bridgehead atoms. The van der Waals surface area contributed by atoms with E-state index >= 15 is 0 Å². The Bertz CT molecular complexity index is 1210. The van der Waals surface area contributed by atoms with Crippen LogP contribution in [-0.2, 0) is 0 Å². The maximum Gasteiger partial charge on any atom is 0.407 e. The van der Waals surface area contributed by atoms with E-state index in [1.54, 1.807) is 0 Å². The molecule has 49 heavy (non-hydrogen) atoms. The summed E-state index contributed by atoms with van der Waals surface area (Å²) in [5, 5.41) is 77.2. The van der Waals surface area contributed by atoms with Gasteiger partial charge in [0, 0.05) is 98.2 Å². The minimum absolute atomic E-state index is 0.459. The molecular weight excluding hydrogens is 668 g/mol. The Morgan fingerprint density at radius 1 is 0.327 bits per heavy atom. The molecule has 8 N–H and O–H groups in total. The summed E-state index contributed by atoms with van der Waals surface area (Å²) in [5.74, 6) is 0. The highest BCUT2D eigenvalue weighted by molar-refractivity contribution is 5.69. The zero-order valence-corrected chi connectivity index (χ0v) is 26.6. The Hall–Kier alpha value is -5.84. The second-order valence-electron chi connectivity index (χ2n) is 10.7. The van der Waals surface area contributed by atoms with Crippen LogP contribution in [0.15, 0.2) is 0 Å². The number of nitrogens with zero attached hydrogens (tertiary/aromatic N) is 8. The highest BCUT2D eigenvalue weighted by atomic mass is 16.4. The van der Waals surface area contributed by atoms with Crippen LogP contribution in [0.2, 0.25) is 0 Å². The molecule has 0 spiro atoms. The van der Waals surface area contributed by atoms with Crippen LogP contribution in [0, 0.1) is 0 Å². The van der Waals surface area contributed by atoms with Gasteiger partial charge in [0.2, 0.25) is 0 Å². The third kappa shape index (κ3) is 14.2. The maximum absolute atomic E-state index is 12.0. The van der Waals surface area contributed by atoms with Crippen LogP contribution in [0.4, 0.5) is 38.4 Å². The molecule has 0 aromatic rings.